The Kier molecular flexibility index (Phi) is 17.4. The number of rotatable bonds is 10. The summed E-state index contributed by atoms with van der Waals surface area (Å²) in [5.74, 6) is 4.10. The van der Waals surface area contributed by atoms with Crippen LogP contribution in [0.1, 0.15) is 52.7 Å². The minimum atomic E-state index is -0.0406. The molecule has 0 bridgehead atoms. The molecule has 0 unspecified atom stereocenters. The fourth-order valence-electron chi connectivity index (χ4n) is 15.5. The molecule has 0 atom stereocenters. The number of aryl methyl sites for hydroxylation is 2. The third-order valence-electron chi connectivity index (χ3n) is 20.7. The van der Waals surface area contributed by atoms with E-state index in [4.69, 9.17) is 19.4 Å². The Morgan fingerprint density at radius 3 is 1.16 bits per heavy atom. The maximum atomic E-state index is 6.82. The van der Waals surface area contributed by atoms with E-state index in [9.17, 15) is 0 Å². The van der Waals surface area contributed by atoms with Crippen LogP contribution in [0.3, 0.4) is 0 Å². The zero-order valence-electron chi connectivity index (χ0n) is 60.6. The van der Waals surface area contributed by atoms with Gasteiger partial charge in [0.05, 0.1) is 22.1 Å². The summed E-state index contributed by atoms with van der Waals surface area (Å²) < 4.78 is 31.0. The smallest absolute Gasteiger partial charge is 0.188 e. The first-order chi connectivity index (χ1) is 51.6. The average molecular weight is 1760 g/mol. The van der Waals surface area contributed by atoms with Gasteiger partial charge in [0.15, 0.2) is 34.7 Å². The van der Waals surface area contributed by atoms with Crippen LogP contribution in [0.4, 0.5) is 0 Å². The Morgan fingerprint density at radius 1 is 0.296 bits per heavy atom. The van der Waals surface area contributed by atoms with Crippen LogP contribution in [0.15, 0.2) is 292 Å². The molecule has 12 nitrogen and oxygen atoms in total. The average Bonchev–Trinajstić information content (AvgIpc) is 1.57. The number of ether oxygens (including phenoxy) is 2. The van der Waals surface area contributed by atoms with E-state index in [0.29, 0.717) is 23.0 Å². The molecule has 0 aliphatic heterocycles. The molecule has 8 aromatic heterocycles. The summed E-state index contributed by atoms with van der Waals surface area (Å²) in [5, 5.41) is 9.30. The Labute approximate surface area is 653 Å². The monoisotopic (exact) mass is 1760 g/mol. The molecule has 0 radical (unpaired) electrons. The summed E-state index contributed by atoms with van der Waals surface area (Å²) in [4.78, 5) is 9.78. The summed E-state index contributed by atoms with van der Waals surface area (Å²) in [5.41, 5.74) is 19.2. The van der Waals surface area contributed by atoms with Crippen molar-refractivity contribution in [2.75, 3.05) is 0 Å². The van der Waals surface area contributed by atoms with Crippen molar-refractivity contribution in [1.82, 2.24) is 46.5 Å². The Hall–Kier alpha value is -11.9. The maximum Gasteiger partial charge on any atom is 0.188 e. The molecule has 0 amide bonds. The zero-order valence-corrected chi connectivity index (χ0v) is 65.2. The van der Waals surface area contributed by atoms with Crippen LogP contribution in [0, 0.1) is 24.3 Å². The number of hydrogen-bond acceptors (Lipinski definition) is 4. The SMILES string of the molecule is Cn1[cH+]n(-c2[c-]c(Oc3[c-]c4c(cc3)c3cc(-n5c6ccccc6c6ccccc65)ccc3n4-c3cc(C(C)(C)C)ccn3)ccc2)c2ccccc21.Cn1[cH+]n(-c2[c-]c(Oc3[c-]c4c(cc3)c3ccccc3n4-c3cc(C(C)(C)C)ccn3)cc(-n3c4ccccc4c4ccccc43)c2)c2ccccc21.[Pt].[Pt]. The molecule has 108 heavy (non-hydrogen) atoms. The number of pyridine rings is 2. The minimum absolute atomic E-state index is 0. The summed E-state index contributed by atoms with van der Waals surface area (Å²) in [6.45, 7) is 13.4. The van der Waals surface area contributed by atoms with Crippen LogP contribution in [0.25, 0.3) is 144 Å². The quantitative estimate of drug-likeness (QED) is 0.128. The molecule has 532 valence electrons. The third kappa shape index (κ3) is 11.9. The zero-order chi connectivity index (χ0) is 71.7. The molecule has 0 saturated heterocycles. The van der Waals surface area contributed by atoms with Crippen molar-refractivity contribution in [1.29, 1.82) is 0 Å². The van der Waals surface area contributed by atoms with Crippen LogP contribution in [-0.2, 0) is 67.1 Å². The van der Waals surface area contributed by atoms with Crippen molar-refractivity contribution in [3.8, 4) is 57.4 Å². The predicted octanol–water partition coefficient (Wildman–Crippen LogP) is 23.1. The van der Waals surface area contributed by atoms with Crippen molar-refractivity contribution in [3.05, 3.63) is 327 Å². The van der Waals surface area contributed by atoms with Gasteiger partial charge in [-0.2, -0.15) is 22.8 Å². The van der Waals surface area contributed by atoms with Crippen LogP contribution >= 0.6 is 0 Å². The number of aromatic nitrogens is 10. The maximum absolute atomic E-state index is 6.82. The van der Waals surface area contributed by atoms with E-state index in [0.717, 1.165) is 111 Å². The first-order valence-electron chi connectivity index (χ1n) is 35.9. The largest absolute Gasteiger partial charge is 0.508 e. The molecule has 0 spiro atoms. The molecule has 12 aromatic carbocycles. The number of imidazole rings is 2. The Bertz CT molecular complexity index is 6830. The number of para-hydroxylation sites is 9. The van der Waals surface area contributed by atoms with Crippen LogP contribution < -0.4 is 9.47 Å². The molecular formula is C94H72N10O2Pt2-2. The van der Waals surface area contributed by atoms with Gasteiger partial charge in [0.1, 0.15) is 11.6 Å². The predicted molar refractivity (Wildman–Crippen MR) is 432 cm³/mol. The summed E-state index contributed by atoms with van der Waals surface area (Å²) >= 11 is 0. The van der Waals surface area contributed by atoms with Gasteiger partial charge in [-0.05, 0) is 135 Å². The number of fused-ring (bicyclic) bond motifs is 14. The van der Waals surface area contributed by atoms with Crippen LogP contribution in [0.2, 0.25) is 0 Å². The van der Waals surface area contributed by atoms with Gasteiger partial charge in [-0.3, -0.25) is 0 Å². The third-order valence-corrected chi connectivity index (χ3v) is 20.7. The van der Waals surface area contributed by atoms with Gasteiger partial charge in [-0.15, -0.1) is 53.2 Å². The van der Waals surface area contributed by atoms with Gasteiger partial charge < -0.3 is 27.7 Å². The Balaban J connectivity index is 0.000000155. The molecule has 20 aromatic rings. The van der Waals surface area contributed by atoms with E-state index in [1.54, 1.807) is 0 Å². The second-order valence-corrected chi connectivity index (χ2v) is 29.5. The number of benzene rings is 12. The molecule has 14 heteroatoms. The molecule has 20 rings (SSSR count). The topological polar surface area (TPSA) is 83.7 Å². The summed E-state index contributed by atoms with van der Waals surface area (Å²) in [7, 11) is 4.13. The second-order valence-electron chi connectivity index (χ2n) is 29.5. The molecular weight excluding hydrogens is 1690 g/mol. The fourth-order valence-corrected chi connectivity index (χ4v) is 15.5. The van der Waals surface area contributed by atoms with Crippen LogP contribution in [-0.4, -0.2) is 46.5 Å². The van der Waals surface area contributed by atoms with E-state index in [1.807, 2.05) is 42.7 Å². The Morgan fingerprint density at radius 2 is 0.676 bits per heavy atom. The van der Waals surface area contributed by atoms with Gasteiger partial charge in [0.2, 0.25) is 0 Å². The molecule has 0 aliphatic rings. The van der Waals surface area contributed by atoms with Crippen LogP contribution in [0.5, 0.6) is 23.0 Å². The van der Waals surface area contributed by atoms with Crippen molar-refractivity contribution in [3.63, 3.8) is 0 Å². The summed E-state index contributed by atoms with van der Waals surface area (Å²) in [6, 6.07) is 108. The molecule has 0 fully saturated rings. The standard InChI is InChI=1S/2C47H36N5O.2Pt/c1-47(2,3)31-23-24-48-46(25-31)52-42-18-10-7-15-38(42)39-22-21-34(29-45(39)52)53-35-27-32(50-30-49(4)43-19-11-12-20-44(43)50)26-33(28-35)51-40-16-8-5-13-36(40)37-14-6-9-17-41(37)51;1-47(2,3)31-24-25-48-46(26-31)52-42-23-20-33(51-40-16-7-5-14-36(40)37-15-6-8-17-41(37)51)28-39(42)38-22-21-35(29-45(38)52)53-34-13-11-12-32(27-34)50-30-49(4)43-18-9-10-19-44(43)50;;/h2*5-26,28,30H,1-4H3;;/q2*-1;;. The summed E-state index contributed by atoms with van der Waals surface area (Å²) in [6.07, 6.45) is 7.98. The first kappa shape index (κ1) is 69.1. The first-order valence-corrected chi connectivity index (χ1v) is 35.9. The van der Waals surface area contributed by atoms with E-state index < -0.39 is 0 Å². The number of hydrogen-bond donors (Lipinski definition) is 0. The van der Waals surface area contributed by atoms with Gasteiger partial charge in [-0.1, -0.05) is 162 Å². The van der Waals surface area contributed by atoms with Crippen molar-refractivity contribution >= 4 is 109 Å². The second kappa shape index (κ2) is 27.1. The van der Waals surface area contributed by atoms with E-state index in [1.165, 1.54) is 43.7 Å². The van der Waals surface area contributed by atoms with Crippen molar-refractivity contribution in [2.45, 2.75) is 52.4 Å². The van der Waals surface area contributed by atoms with E-state index in [2.05, 4.69) is 366 Å². The van der Waals surface area contributed by atoms with Crippen molar-refractivity contribution in [2.24, 2.45) is 14.1 Å². The molecule has 0 aliphatic carbocycles. The fraction of sp³-hybridized carbons (Fsp3) is 0.106. The van der Waals surface area contributed by atoms with Gasteiger partial charge >= 0.3 is 0 Å². The van der Waals surface area contributed by atoms with Gasteiger partial charge in [0, 0.05) is 166 Å². The van der Waals surface area contributed by atoms with Gasteiger partial charge in [-0.25, -0.2) is 23.7 Å². The molecule has 8 heterocycles. The molecule has 0 saturated carbocycles. The normalized spacial score (nSPS) is 11.9. The van der Waals surface area contributed by atoms with Gasteiger partial charge in [0.25, 0.3) is 0 Å². The number of nitrogens with zero attached hydrogens (tertiary/aromatic N) is 10. The van der Waals surface area contributed by atoms with E-state index in [-0.39, 0.29) is 53.0 Å². The molecule has 0 N–H and O–H groups in total. The van der Waals surface area contributed by atoms with Crippen molar-refractivity contribution < 1.29 is 51.6 Å². The minimum Gasteiger partial charge on any atom is -0.508 e. The van der Waals surface area contributed by atoms with E-state index >= 15 is 0 Å².